The molecule has 3 rings (SSSR count). The van der Waals surface area contributed by atoms with E-state index in [0.717, 1.165) is 29.9 Å². The van der Waals surface area contributed by atoms with Crippen molar-refractivity contribution in [3.8, 4) is 11.3 Å². The van der Waals surface area contributed by atoms with Crippen LogP contribution in [0, 0.1) is 6.92 Å². The molecule has 0 atom stereocenters. The van der Waals surface area contributed by atoms with Gasteiger partial charge in [0.2, 0.25) is 0 Å². The van der Waals surface area contributed by atoms with E-state index in [4.69, 9.17) is 4.74 Å². The first-order valence-corrected chi connectivity index (χ1v) is 6.80. The molecule has 0 bridgehead atoms. The number of methoxy groups -OCH3 is 1. The standard InChI is InChI=1S/C17H18N2O/c1-13-3-8-17-18-16(12-19(17)11-13)15-6-4-14(5-7-15)9-10-20-2/h3-8,11-12H,9-10H2,1-2H3. The van der Waals surface area contributed by atoms with Gasteiger partial charge in [0.05, 0.1) is 12.3 Å². The Morgan fingerprint density at radius 3 is 2.60 bits per heavy atom. The molecule has 0 fully saturated rings. The second-order valence-corrected chi connectivity index (χ2v) is 5.04. The van der Waals surface area contributed by atoms with Crippen LogP contribution in [0.2, 0.25) is 0 Å². The number of hydrogen-bond acceptors (Lipinski definition) is 2. The van der Waals surface area contributed by atoms with Crippen molar-refractivity contribution in [2.45, 2.75) is 13.3 Å². The highest BCUT2D eigenvalue weighted by Crippen LogP contribution is 2.20. The molecule has 102 valence electrons. The zero-order valence-corrected chi connectivity index (χ0v) is 11.8. The van der Waals surface area contributed by atoms with Crippen LogP contribution in [0.3, 0.4) is 0 Å². The Morgan fingerprint density at radius 1 is 1.05 bits per heavy atom. The summed E-state index contributed by atoms with van der Waals surface area (Å²) in [5.41, 5.74) is 5.65. The monoisotopic (exact) mass is 266 g/mol. The van der Waals surface area contributed by atoms with E-state index in [1.165, 1.54) is 11.1 Å². The van der Waals surface area contributed by atoms with Crippen LogP contribution in [0.25, 0.3) is 16.9 Å². The summed E-state index contributed by atoms with van der Waals surface area (Å²) in [6, 6.07) is 12.7. The molecule has 0 radical (unpaired) electrons. The SMILES string of the molecule is COCCc1ccc(-c2cn3cc(C)ccc3n2)cc1. The second kappa shape index (κ2) is 5.47. The normalized spacial score (nSPS) is 11.1. The maximum absolute atomic E-state index is 5.10. The number of imidazole rings is 1. The highest BCUT2D eigenvalue weighted by Gasteiger charge is 2.04. The topological polar surface area (TPSA) is 26.5 Å². The number of aryl methyl sites for hydroxylation is 1. The molecule has 0 saturated carbocycles. The molecule has 0 saturated heterocycles. The van der Waals surface area contributed by atoms with Gasteiger partial charge < -0.3 is 9.14 Å². The van der Waals surface area contributed by atoms with Crippen LogP contribution in [0.15, 0.2) is 48.8 Å². The molecule has 0 aliphatic rings. The van der Waals surface area contributed by atoms with Crippen LogP contribution >= 0.6 is 0 Å². The van der Waals surface area contributed by atoms with E-state index in [1.54, 1.807) is 7.11 Å². The first-order chi connectivity index (χ1) is 9.76. The summed E-state index contributed by atoms with van der Waals surface area (Å²) in [6.07, 6.45) is 5.12. The molecule has 0 aliphatic carbocycles. The molecular formula is C17H18N2O. The molecule has 0 amide bonds. The Bertz CT molecular complexity index is 713. The number of fused-ring (bicyclic) bond motifs is 1. The van der Waals surface area contributed by atoms with E-state index in [1.807, 2.05) is 6.07 Å². The molecule has 1 aromatic carbocycles. The minimum Gasteiger partial charge on any atom is -0.384 e. The van der Waals surface area contributed by atoms with Crippen LogP contribution < -0.4 is 0 Å². The zero-order chi connectivity index (χ0) is 13.9. The molecule has 0 spiro atoms. The van der Waals surface area contributed by atoms with Crippen LogP contribution in [-0.2, 0) is 11.2 Å². The largest absolute Gasteiger partial charge is 0.384 e. The van der Waals surface area contributed by atoms with Gasteiger partial charge in [0.15, 0.2) is 0 Å². The molecule has 3 aromatic rings. The number of benzene rings is 1. The Labute approximate surface area is 118 Å². The fourth-order valence-electron chi connectivity index (χ4n) is 2.30. The van der Waals surface area contributed by atoms with Gasteiger partial charge in [-0.05, 0) is 30.5 Å². The first-order valence-electron chi connectivity index (χ1n) is 6.80. The van der Waals surface area contributed by atoms with Crippen molar-refractivity contribution < 1.29 is 4.74 Å². The fourth-order valence-corrected chi connectivity index (χ4v) is 2.30. The lowest BCUT2D eigenvalue weighted by Crippen LogP contribution is -1.93. The molecule has 3 nitrogen and oxygen atoms in total. The summed E-state index contributed by atoms with van der Waals surface area (Å²) < 4.78 is 7.17. The molecular weight excluding hydrogens is 248 g/mol. The third-order valence-corrected chi connectivity index (χ3v) is 3.44. The van der Waals surface area contributed by atoms with Crippen LogP contribution in [0.4, 0.5) is 0 Å². The third-order valence-electron chi connectivity index (χ3n) is 3.44. The highest BCUT2D eigenvalue weighted by molar-refractivity contribution is 5.63. The van der Waals surface area contributed by atoms with E-state index < -0.39 is 0 Å². The van der Waals surface area contributed by atoms with Gasteiger partial charge >= 0.3 is 0 Å². The van der Waals surface area contributed by atoms with Gasteiger partial charge in [0, 0.05) is 25.1 Å². The van der Waals surface area contributed by atoms with Crippen LogP contribution in [0.5, 0.6) is 0 Å². The average molecular weight is 266 g/mol. The summed E-state index contributed by atoms with van der Waals surface area (Å²) in [7, 11) is 1.73. The van der Waals surface area contributed by atoms with Crippen LogP contribution in [-0.4, -0.2) is 23.1 Å². The number of ether oxygens (including phenoxy) is 1. The van der Waals surface area contributed by atoms with Crippen molar-refractivity contribution in [2.75, 3.05) is 13.7 Å². The van der Waals surface area contributed by atoms with Crippen molar-refractivity contribution in [1.82, 2.24) is 9.38 Å². The number of hydrogen-bond donors (Lipinski definition) is 0. The van der Waals surface area contributed by atoms with Gasteiger partial charge in [-0.25, -0.2) is 4.98 Å². The summed E-state index contributed by atoms with van der Waals surface area (Å²) in [4.78, 5) is 4.65. The lowest BCUT2D eigenvalue weighted by molar-refractivity contribution is 0.202. The van der Waals surface area contributed by atoms with Gasteiger partial charge in [0.25, 0.3) is 0 Å². The molecule has 2 aromatic heterocycles. The maximum Gasteiger partial charge on any atom is 0.137 e. The Morgan fingerprint density at radius 2 is 1.85 bits per heavy atom. The van der Waals surface area contributed by atoms with Crippen molar-refractivity contribution in [1.29, 1.82) is 0 Å². The quantitative estimate of drug-likeness (QED) is 0.722. The fraction of sp³-hybridized carbons (Fsp3) is 0.235. The summed E-state index contributed by atoms with van der Waals surface area (Å²) >= 11 is 0. The van der Waals surface area contributed by atoms with E-state index in [-0.39, 0.29) is 0 Å². The van der Waals surface area contributed by atoms with E-state index in [2.05, 4.69) is 59.0 Å². The Hall–Kier alpha value is -2.13. The summed E-state index contributed by atoms with van der Waals surface area (Å²) in [5.74, 6) is 0. The lowest BCUT2D eigenvalue weighted by Gasteiger charge is -2.01. The molecule has 3 heteroatoms. The predicted octanol–water partition coefficient (Wildman–Crippen LogP) is 3.50. The van der Waals surface area contributed by atoms with Gasteiger partial charge in [0.1, 0.15) is 5.65 Å². The molecule has 0 unspecified atom stereocenters. The molecule has 2 heterocycles. The van der Waals surface area contributed by atoms with Crippen molar-refractivity contribution in [2.24, 2.45) is 0 Å². The van der Waals surface area contributed by atoms with E-state index in [0.29, 0.717) is 0 Å². The van der Waals surface area contributed by atoms with Crippen molar-refractivity contribution in [3.05, 3.63) is 59.9 Å². The van der Waals surface area contributed by atoms with Crippen LogP contribution in [0.1, 0.15) is 11.1 Å². The van der Waals surface area contributed by atoms with E-state index >= 15 is 0 Å². The predicted molar refractivity (Wildman–Crippen MR) is 80.9 cm³/mol. The highest BCUT2D eigenvalue weighted by atomic mass is 16.5. The van der Waals surface area contributed by atoms with Crippen molar-refractivity contribution in [3.63, 3.8) is 0 Å². The minimum atomic E-state index is 0.757. The molecule has 0 aliphatic heterocycles. The van der Waals surface area contributed by atoms with Gasteiger partial charge in [-0.1, -0.05) is 30.3 Å². The first kappa shape index (κ1) is 12.9. The minimum absolute atomic E-state index is 0.757. The Kier molecular flexibility index (Phi) is 3.52. The summed E-state index contributed by atoms with van der Waals surface area (Å²) in [5, 5.41) is 0. The summed E-state index contributed by atoms with van der Waals surface area (Å²) in [6.45, 7) is 2.84. The smallest absolute Gasteiger partial charge is 0.137 e. The maximum atomic E-state index is 5.10. The number of nitrogens with zero attached hydrogens (tertiary/aromatic N) is 2. The molecule has 20 heavy (non-hydrogen) atoms. The molecule has 0 N–H and O–H groups in total. The van der Waals surface area contributed by atoms with Gasteiger partial charge in [-0.2, -0.15) is 0 Å². The Balaban J connectivity index is 1.90. The van der Waals surface area contributed by atoms with Gasteiger partial charge in [-0.3, -0.25) is 0 Å². The number of pyridine rings is 1. The third kappa shape index (κ3) is 2.58. The zero-order valence-electron chi connectivity index (χ0n) is 11.8. The number of aromatic nitrogens is 2. The average Bonchev–Trinajstić information content (AvgIpc) is 2.88. The second-order valence-electron chi connectivity index (χ2n) is 5.04. The van der Waals surface area contributed by atoms with E-state index in [9.17, 15) is 0 Å². The number of rotatable bonds is 4. The van der Waals surface area contributed by atoms with Crippen molar-refractivity contribution >= 4 is 5.65 Å². The van der Waals surface area contributed by atoms with Gasteiger partial charge in [-0.15, -0.1) is 0 Å². The lowest BCUT2D eigenvalue weighted by atomic mass is 10.1.